The average molecular weight is 426 g/mol. The molecule has 0 radical (unpaired) electrons. The number of aromatic nitrogens is 2. The van der Waals surface area contributed by atoms with Gasteiger partial charge in [-0.15, -0.1) is 0 Å². The zero-order valence-corrected chi connectivity index (χ0v) is 16.8. The molecule has 0 unspecified atom stereocenters. The van der Waals surface area contributed by atoms with Gasteiger partial charge in [0.25, 0.3) is 0 Å². The molecule has 3 heterocycles. The van der Waals surface area contributed by atoms with Gasteiger partial charge in [-0.2, -0.15) is 4.31 Å². The van der Waals surface area contributed by atoms with Crippen molar-refractivity contribution in [3.63, 3.8) is 0 Å². The first-order valence-electron chi connectivity index (χ1n) is 9.43. The van der Waals surface area contributed by atoms with Gasteiger partial charge >= 0.3 is 0 Å². The highest BCUT2D eigenvalue weighted by Gasteiger charge is 2.53. The summed E-state index contributed by atoms with van der Waals surface area (Å²) in [5, 5.41) is 0. The molecule has 0 aliphatic carbocycles. The molecule has 0 amide bonds. The summed E-state index contributed by atoms with van der Waals surface area (Å²) in [7, 11) is -3.69. The predicted octanol–water partition coefficient (Wildman–Crippen LogP) is 2.55. The highest BCUT2D eigenvalue weighted by Crippen LogP contribution is 2.42. The summed E-state index contributed by atoms with van der Waals surface area (Å²) in [5.74, 6) is -0.390. The highest BCUT2D eigenvalue weighted by atomic mass is 32.2. The molecule has 9 heteroatoms. The van der Waals surface area contributed by atoms with Crippen LogP contribution in [-0.2, 0) is 14.8 Å². The van der Waals surface area contributed by atoms with Crippen LogP contribution in [-0.4, -0.2) is 49.0 Å². The van der Waals surface area contributed by atoms with Crippen molar-refractivity contribution in [2.24, 2.45) is 5.41 Å². The quantitative estimate of drug-likeness (QED) is 0.689. The van der Waals surface area contributed by atoms with E-state index in [1.54, 1.807) is 36.4 Å². The normalized spacial score (nSPS) is 18.0. The van der Waals surface area contributed by atoms with E-state index in [0.29, 0.717) is 48.6 Å². The lowest BCUT2D eigenvalue weighted by molar-refractivity contribution is -0.166. The van der Waals surface area contributed by atoms with Crippen molar-refractivity contribution in [3.05, 3.63) is 60.7 Å². The molecule has 154 valence electrons. The molecular weight excluding hydrogens is 407 g/mol. The molecule has 0 saturated carbocycles. The first-order valence-corrected chi connectivity index (χ1v) is 10.9. The number of ether oxygens (including phenoxy) is 1. The smallest absolute Gasteiger partial charge is 0.243 e. The van der Waals surface area contributed by atoms with Crippen LogP contribution in [0, 0.1) is 11.2 Å². The maximum atomic E-state index is 14.9. The van der Waals surface area contributed by atoms with E-state index >= 15 is 0 Å². The van der Waals surface area contributed by atoms with Crippen LogP contribution in [0.1, 0.15) is 0 Å². The van der Waals surface area contributed by atoms with E-state index in [4.69, 9.17) is 10.5 Å². The van der Waals surface area contributed by atoms with Crippen molar-refractivity contribution >= 4 is 16.0 Å². The second kappa shape index (κ2) is 6.83. The molecule has 0 atom stereocenters. The summed E-state index contributed by atoms with van der Waals surface area (Å²) in [5.41, 5.74) is 7.20. The topological polar surface area (TPSA) is 98.4 Å². The zero-order chi connectivity index (χ0) is 20.9. The largest absolute Gasteiger partial charge is 0.380 e. The average Bonchev–Trinajstić information content (AvgIpc) is 2.66. The van der Waals surface area contributed by atoms with Crippen LogP contribution in [0.2, 0.25) is 0 Å². The van der Waals surface area contributed by atoms with E-state index < -0.39 is 15.8 Å². The number of nitrogens with zero attached hydrogens (tertiary/aromatic N) is 3. The van der Waals surface area contributed by atoms with Gasteiger partial charge in [-0.05, 0) is 17.7 Å². The third kappa shape index (κ3) is 3.06. The zero-order valence-electron chi connectivity index (χ0n) is 16.0. The number of halogens is 1. The first kappa shape index (κ1) is 19.1. The third-order valence-electron chi connectivity index (χ3n) is 5.61. The number of nitrogens with two attached hydrogens (primary N) is 1. The molecule has 2 aliphatic rings. The van der Waals surface area contributed by atoms with Crippen LogP contribution in [0.5, 0.6) is 0 Å². The molecule has 2 N–H and O–H groups in total. The summed E-state index contributed by atoms with van der Waals surface area (Å²) in [6, 6.07) is 11.3. The van der Waals surface area contributed by atoms with E-state index in [0.717, 1.165) is 0 Å². The number of nitrogen functional groups attached to an aromatic ring is 1. The Bertz CT molecular complexity index is 1220. The fraction of sp³-hybridized carbons (Fsp3) is 0.238. The standard InChI is InChI=1S/C21H19FN4O3S/c22-18-7-14(5-6-16(18)15-8-24-20(23)25-9-15)17-3-1-2-4-19(17)30(27,28)26-10-21(11-26)12-29-13-21/h1-9H,10-13H2,(H2,23,24,25). The van der Waals surface area contributed by atoms with Gasteiger partial charge in [0.15, 0.2) is 0 Å². The number of hydrogen-bond donors (Lipinski definition) is 1. The Morgan fingerprint density at radius 2 is 1.70 bits per heavy atom. The summed E-state index contributed by atoms with van der Waals surface area (Å²) < 4.78 is 48.0. The van der Waals surface area contributed by atoms with Crippen LogP contribution in [0.4, 0.5) is 10.3 Å². The van der Waals surface area contributed by atoms with Crippen molar-refractivity contribution in [2.45, 2.75) is 4.90 Å². The van der Waals surface area contributed by atoms with Gasteiger partial charge < -0.3 is 10.5 Å². The molecule has 0 bridgehead atoms. The van der Waals surface area contributed by atoms with E-state index in [1.807, 2.05) is 0 Å². The lowest BCUT2D eigenvalue weighted by atomic mass is 9.80. The summed E-state index contributed by atoms with van der Waals surface area (Å²) >= 11 is 0. The van der Waals surface area contributed by atoms with Gasteiger partial charge in [0.05, 0.1) is 18.1 Å². The minimum atomic E-state index is -3.69. The van der Waals surface area contributed by atoms with Crippen LogP contribution in [0.15, 0.2) is 59.8 Å². The molecule has 30 heavy (non-hydrogen) atoms. The Hall–Kier alpha value is -2.88. The lowest BCUT2D eigenvalue weighted by Gasteiger charge is -2.54. The number of hydrogen-bond acceptors (Lipinski definition) is 6. The Morgan fingerprint density at radius 1 is 1.00 bits per heavy atom. The fourth-order valence-electron chi connectivity index (χ4n) is 3.91. The van der Waals surface area contributed by atoms with Crippen molar-refractivity contribution in [2.75, 3.05) is 32.0 Å². The van der Waals surface area contributed by atoms with Gasteiger partial charge in [0.2, 0.25) is 16.0 Å². The van der Waals surface area contributed by atoms with Crippen LogP contribution >= 0.6 is 0 Å². The monoisotopic (exact) mass is 426 g/mol. The van der Waals surface area contributed by atoms with E-state index in [2.05, 4.69) is 9.97 Å². The lowest BCUT2D eigenvalue weighted by Crippen LogP contribution is -2.66. The number of rotatable bonds is 4. The minimum Gasteiger partial charge on any atom is -0.380 e. The molecule has 2 saturated heterocycles. The van der Waals surface area contributed by atoms with Gasteiger partial charge in [-0.3, -0.25) is 0 Å². The number of sulfonamides is 1. The molecule has 3 aromatic rings. The Labute approximate surface area is 173 Å². The van der Waals surface area contributed by atoms with Crippen molar-refractivity contribution < 1.29 is 17.5 Å². The summed E-state index contributed by atoms with van der Waals surface area (Å²) in [6.07, 6.45) is 2.89. The minimum absolute atomic E-state index is 0.0308. The van der Waals surface area contributed by atoms with E-state index in [9.17, 15) is 12.8 Å². The molecule has 2 aromatic carbocycles. The first-order chi connectivity index (χ1) is 14.4. The number of anilines is 1. The van der Waals surface area contributed by atoms with Crippen LogP contribution < -0.4 is 5.73 Å². The van der Waals surface area contributed by atoms with E-state index in [1.165, 1.54) is 22.8 Å². The van der Waals surface area contributed by atoms with Crippen molar-refractivity contribution in [3.8, 4) is 22.3 Å². The van der Waals surface area contributed by atoms with Crippen LogP contribution in [0.25, 0.3) is 22.3 Å². The molecule has 5 rings (SSSR count). The molecular formula is C21H19FN4O3S. The second-order valence-electron chi connectivity index (χ2n) is 7.79. The van der Waals surface area contributed by atoms with Crippen LogP contribution in [0.3, 0.4) is 0 Å². The maximum absolute atomic E-state index is 14.9. The summed E-state index contributed by atoms with van der Waals surface area (Å²) in [4.78, 5) is 7.95. The maximum Gasteiger partial charge on any atom is 0.243 e. The predicted molar refractivity (Wildman–Crippen MR) is 109 cm³/mol. The molecule has 2 fully saturated rings. The molecule has 2 aliphatic heterocycles. The third-order valence-corrected chi connectivity index (χ3v) is 7.46. The Morgan fingerprint density at radius 3 is 2.33 bits per heavy atom. The Balaban J connectivity index is 1.49. The number of benzene rings is 2. The van der Waals surface area contributed by atoms with Gasteiger partial charge in [-0.25, -0.2) is 22.8 Å². The fourth-order valence-corrected chi connectivity index (χ4v) is 5.79. The van der Waals surface area contributed by atoms with Gasteiger partial charge in [0.1, 0.15) is 5.82 Å². The van der Waals surface area contributed by atoms with Crippen molar-refractivity contribution in [1.29, 1.82) is 0 Å². The second-order valence-corrected chi connectivity index (χ2v) is 9.69. The van der Waals surface area contributed by atoms with Crippen molar-refractivity contribution in [1.82, 2.24) is 14.3 Å². The van der Waals surface area contributed by atoms with Gasteiger partial charge in [0, 0.05) is 47.6 Å². The Kier molecular flexibility index (Phi) is 4.35. The SMILES string of the molecule is Nc1ncc(-c2ccc(-c3ccccc3S(=O)(=O)N3CC4(COC4)C3)cc2F)cn1. The summed E-state index contributed by atoms with van der Waals surface area (Å²) in [6.45, 7) is 2.10. The highest BCUT2D eigenvalue weighted by molar-refractivity contribution is 7.89. The molecule has 1 spiro atoms. The van der Waals surface area contributed by atoms with E-state index in [-0.39, 0.29) is 16.3 Å². The molecule has 1 aromatic heterocycles. The molecule has 7 nitrogen and oxygen atoms in total. The van der Waals surface area contributed by atoms with Gasteiger partial charge in [-0.1, -0.05) is 30.3 Å².